The highest BCUT2D eigenvalue weighted by atomic mass is 35.5. The number of aromatic nitrogens is 5. The molecule has 0 spiro atoms. The number of thioether (sulfide) groups is 1. The molecule has 3 aromatic heterocycles. The van der Waals surface area contributed by atoms with Crippen molar-refractivity contribution in [3.63, 3.8) is 0 Å². The molecule has 0 aliphatic rings. The first-order valence-corrected chi connectivity index (χ1v) is 11.0. The summed E-state index contributed by atoms with van der Waals surface area (Å²) in [6, 6.07) is 20.0. The number of fused-ring (bicyclic) bond motifs is 1. The third-order valence-electron chi connectivity index (χ3n) is 4.92. The minimum Gasteiger partial charge on any atom is -0.361 e. The van der Waals surface area contributed by atoms with Gasteiger partial charge in [0.2, 0.25) is 0 Å². The van der Waals surface area contributed by atoms with Crippen molar-refractivity contribution in [1.29, 1.82) is 0 Å². The molecule has 148 valence electrons. The number of nitrogens with zero attached hydrogens (tertiary/aromatic N) is 4. The Bertz CT molecular complexity index is 1300. The van der Waals surface area contributed by atoms with E-state index in [1.54, 1.807) is 24.2 Å². The number of hydrogen-bond acceptors (Lipinski definition) is 4. The van der Waals surface area contributed by atoms with Gasteiger partial charge in [-0.1, -0.05) is 47.6 Å². The van der Waals surface area contributed by atoms with E-state index >= 15 is 0 Å². The number of H-pyrrole nitrogens is 1. The van der Waals surface area contributed by atoms with E-state index in [4.69, 9.17) is 11.6 Å². The van der Waals surface area contributed by atoms with Gasteiger partial charge in [0.05, 0.1) is 5.69 Å². The maximum absolute atomic E-state index is 6.27. The summed E-state index contributed by atoms with van der Waals surface area (Å²) < 4.78 is 2.06. The molecule has 0 amide bonds. The third kappa shape index (κ3) is 3.72. The molecule has 30 heavy (non-hydrogen) atoms. The first kappa shape index (κ1) is 18.9. The predicted molar refractivity (Wildman–Crippen MR) is 122 cm³/mol. The molecule has 0 aliphatic heterocycles. The number of aromatic amines is 1. The van der Waals surface area contributed by atoms with Gasteiger partial charge in [-0.3, -0.25) is 9.55 Å². The average Bonchev–Trinajstić information content (AvgIpc) is 3.39. The minimum atomic E-state index is 0.677. The standard InChI is InChI=1S/C23H18ClN5S/c24-18-4-3-5-19(14-18)29-22(16-8-11-25-12-9-16)27-28-23(29)30-13-10-17-15-26-21-7-2-1-6-20(17)21/h1-9,11-12,14-15,26H,10,13H2. The zero-order valence-corrected chi connectivity index (χ0v) is 17.6. The number of rotatable bonds is 6. The van der Waals surface area contributed by atoms with E-state index in [0.717, 1.165) is 34.4 Å². The molecule has 1 N–H and O–H groups in total. The lowest BCUT2D eigenvalue weighted by Gasteiger charge is -2.10. The fourth-order valence-corrected chi connectivity index (χ4v) is 4.60. The SMILES string of the molecule is Clc1cccc(-n2c(SCCc3c[nH]c4ccccc34)nnc2-c2ccncc2)c1. The van der Waals surface area contributed by atoms with Gasteiger partial charge in [-0.05, 0) is 48.4 Å². The number of aryl methyl sites for hydroxylation is 1. The molecular formula is C23H18ClN5S. The fourth-order valence-electron chi connectivity index (χ4n) is 3.49. The molecule has 0 bridgehead atoms. The third-order valence-corrected chi connectivity index (χ3v) is 6.08. The summed E-state index contributed by atoms with van der Waals surface area (Å²) in [4.78, 5) is 7.45. The molecule has 7 heteroatoms. The summed E-state index contributed by atoms with van der Waals surface area (Å²) in [5.74, 6) is 1.66. The van der Waals surface area contributed by atoms with Gasteiger partial charge in [-0.2, -0.15) is 0 Å². The lowest BCUT2D eigenvalue weighted by atomic mass is 10.1. The van der Waals surface area contributed by atoms with Crippen molar-refractivity contribution in [2.45, 2.75) is 11.6 Å². The smallest absolute Gasteiger partial charge is 0.196 e. The van der Waals surface area contributed by atoms with Gasteiger partial charge in [0.15, 0.2) is 11.0 Å². The molecule has 2 aromatic carbocycles. The molecule has 0 radical (unpaired) electrons. The second-order valence-corrected chi connectivity index (χ2v) is 8.31. The Morgan fingerprint density at radius 3 is 2.70 bits per heavy atom. The molecule has 0 saturated carbocycles. The van der Waals surface area contributed by atoms with Crippen LogP contribution < -0.4 is 0 Å². The summed E-state index contributed by atoms with van der Waals surface area (Å²) >= 11 is 7.95. The average molecular weight is 432 g/mol. The van der Waals surface area contributed by atoms with Crippen LogP contribution in [0.5, 0.6) is 0 Å². The van der Waals surface area contributed by atoms with Gasteiger partial charge >= 0.3 is 0 Å². The lowest BCUT2D eigenvalue weighted by molar-refractivity contribution is 0.885. The summed E-state index contributed by atoms with van der Waals surface area (Å²) in [5.41, 5.74) is 4.37. The van der Waals surface area contributed by atoms with Crippen LogP contribution in [-0.2, 0) is 6.42 Å². The maximum atomic E-state index is 6.27. The van der Waals surface area contributed by atoms with Gasteiger partial charge in [0, 0.05) is 45.8 Å². The van der Waals surface area contributed by atoms with E-state index in [-0.39, 0.29) is 0 Å². The highest BCUT2D eigenvalue weighted by molar-refractivity contribution is 7.99. The Morgan fingerprint density at radius 2 is 1.83 bits per heavy atom. The molecule has 0 fully saturated rings. The highest BCUT2D eigenvalue weighted by Gasteiger charge is 2.16. The van der Waals surface area contributed by atoms with E-state index < -0.39 is 0 Å². The van der Waals surface area contributed by atoms with Crippen molar-refractivity contribution in [2.75, 3.05) is 5.75 Å². The zero-order valence-electron chi connectivity index (χ0n) is 16.0. The van der Waals surface area contributed by atoms with Crippen molar-refractivity contribution in [3.05, 3.63) is 89.8 Å². The number of nitrogens with one attached hydrogen (secondary N) is 1. The Morgan fingerprint density at radius 1 is 0.967 bits per heavy atom. The number of hydrogen-bond donors (Lipinski definition) is 1. The quantitative estimate of drug-likeness (QED) is 0.345. The number of benzene rings is 2. The zero-order chi connectivity index (χ0) is 20.3. The van der Waals surface area contributed by atoms with Gasteiger partial charge in [0.1, 0.15) is 0 Å². The predicted octanol–water partition coefficient (Wildman–Crippen LogP) is 5.80. The van der Waals surface area contributed by atoms with E-state index in [1.165, 1.54) is 16.5 Å². The van der Waals surface area contributed by atoms with Crippen molar-refractivity contribution in [2.24, 2.45) is 0 Å². The highest BCUT2D eigenvalue weighted by Crippen LogP contribution is 2.29. The summed E-state index contributed by atoms with van der Waals surface area (Å²) in [6.07, 6.45) is 6.54. The van der Waals surface area contributed by atoms with Crippen LogP contribution in [0.3, 0.4) is 0 Å². The topological polar surface area (TPSA) is 59.4 Å². The van der Waals surface area contributed by atoms with E-state index in [2.05, 4.69) is 49.1 Å². The second-order valence-electron chi connectivity index (χ2n) is 6.82. The minimum absolute atomic E-state index is 0.677. The normalized spacial score (nSPS) is 11.2. The second kappa shape index (κ2) is 8.34. The van der Waals surface area contributed by atoms with E-state index in [1.807, 2.05) is 42.5 Å². The summed E-state index contributed by atoms with van der Waals surface area (Å²) in [5, 5.41) is 11.7. The van der Waals surface area contributed by atoms with Crippen molar-refractivity contribution in [1.82, 2.24) is 24.7 Å². The molecule has 3 heterocycles. The van der Waals surface area contributed by atoms with Crippen LogP contribution in [0.25, 0.3) is 28.0 Å². The molecular weight excluding hydrogens is 414 g/mol. The largest absolute Gasteiger partial charge is 0.361 e. The Hall–Kier alpha value is -3.09. The fraction of sp³-hybridized carbons (Fsp3) is 0.0870. The van der Waals surface area contributed by atoms with E-state index in [0.29, 0.717) is 5.02 Å². The van der Waals surface area contributed by atoms with Crippen LogP contribution in [0, 0.1) is 0 Å². The van der Waals surface area contributed by atoms with Crippen LogP contribution in [-0.4, -0.2) is 30.5 Å². The Labute approximate surface area is 183 Å². The molecule has 0 unspecified atom stereocenters. The van der Waals surface area contributed by atoms with Gasteiger partial charge in [-0.15, -0.1) is 10.2 Å². The summed E-state index contributed by atoms with van der Waals surface area (Å²) in [7, 11) is 0. The van der Waals surface area contributed by atoms with Gasteiger partial charge < -0.3 is 4.98 Å². The number of halogens is 1. The van der Waals surface area contributed by atoms with Crippen LogP contribution in [0.15, 0.2) is 84.4 Å². The molecule has 0 aliphatic carbocycles. The van der Waals surface area contributed by atoms with Crippen molar-refractivity contribution >= 4 is 34.3 Å². The van der Waals surface area contributed by atoms with Crippen molar-refractivity contribution in [3.8, 4) is 17.1 Å². The monoisotopic (exact) mass is 431 g/mol. The molecule has 0 saturated heterocycles. The first-order valence-electron chi connectivity index (χ1n) is 9.59. The van der Waals surface area contributed by atoms with Gasteiger partial charge in [0.25, 0.3) is 0 Å². The van der Waals surface area contributed by atoms with Crippen LogP contribution in [0.2, 0.25) is 5.02 Å². The van der Waals surface area contributed by atoms with Gasteiger partial charge in [-0.25, -0.2) is 0 Å². The maximum Gasteiger partial charge on any atom is 0.196 e. The number of para-hydroxylation sites is 1. The molecule has 5 aromatic rings. The first-order chi connectivity index (χ1) is 14.8. The van der Waals surface area contributed by atoms with E-state index in [9.17, 15) is 0 Å². The molecule has 0 atom stereocenters. The number of pyridine rings is 1. The lowest BCUT2D eigenvalue weighted by Crippen LogP contribution is -2.00. The van der Waals surface area contributed by atoms with Crippen LogP contribution in [0.4, 0.5) is 0 Å². The molecule has 5 rings (SSSR count). The van der Waals surface area contributed by atoms with Crippen LogP contribution >= 0.6 is 23.4 Å². The Balaban J connectivity index is 1.45. The molecule has 5 nitrogen and oxygen atoms in total. The van der Waals surface area contributed by atoms with Crippen LogP contribution in [0.1, 0.15) is 5.56 Å². The van der Waals surface area contributed by atoms with Crippen molar-refractivity contribution < 1.29 is 0 Å². The Kier molecular flexibility index (Phi) is 5.26. The summed E-state index contributed by atoms with van der Waals surface area (Å²) in [6.45, 7) is 0.